The molecular weight excluding hydrogens is 190 g/mol. The second kappa shape index (κ2) is 3.74. The van der Waals surface area contributed by atoms with Gasteiger partial charge in [-0.25, -0.2) is 0 Å². The smallest absolute Gasteiger partial charge is 0.0393 e. The lowest BCUT2D eigenvalue weighted by atomic mass is 10.1. The van der Waals surface area contributed by atoms with E-state index in [2.05, 4.69) is 15.9 Å². The molecular formula is C8H10BrN. The van der Waals surface area contributed by atoms with Gasteiger partial charge in [0, 0.05) is 11.4 Å². The molecule has 0 radical (unpaired) electrons. The van der Waals surface area contributed by atoms with E-state index < -0.39 is 0 Å². The molecule has 0 bridgehead atoms. The molecule has 1 atom stereocenters. The Labute approximate surface area is 69.4 Å². The predicted molar refractivity (Wildman–Crippen MR) is 47.2 cm³/mol. The van der Waals surface area contributed by atoms with E-state index in [1.54, 1.807) is 0 Å². The Morgan fingerprint density at radius 1 is 1.30 bits per heavy atom. The van der Waals surface area contributed by atoms with Crippen molar-refractivity contribution in [3.05, 3.63) is 35.9 Å². The van der Waals surface area contributed by atoms with E-state index in [0.717, 1.165) is 5.33 Å². The first-order chi connectivity index (χ1) is 4.84. The monoisotopic (exact) mass is 199 g/mol. The van der Waals surface area contributed by atoms with Crippen molar-refractivity contribution in [2.24, 2.45) is 5.73 Å². The van der Waals surface area contributed by atoms with Gasteiger partial charge in [0.25, 0.3) is 0 Å². The quantitative estimate of drug-likeness (QED) is 0.726. The first-order valence-electron chi connectivity index (χ1n) is 3.21. The normalized spacial score (nSPS) is 13.0. The predicted octanol–water partition coefficient (Wildman–Crippen LogP) is 2.08. The highest BCUT2D eigenvalue weighted by Crippen LogP contribution is 2.10. The van der Waals surface area contributed by atoms with Crippen LogP contribution in [0.1, 0.15) is 11.6 Å². The van der Waals surface area contributed by atoms with Gasteiger partial charge in [0.2, 0.25) is 0 Å². The summed E-state index contributed by atoms with van der Waals surface area (Å²) in [5.41, 5.74) is 6.93. The Hall–Kier alpha value is -0.340. The molecule has 0 aromatic heterocycles. The molecule has 2 N–H and O–H groups in total. The van der Waals surface area contributed by atoms with Crippen molar-refractivity contribution < 1.29 is 0 Å². The van der Waals surface area contributed by atoms with Crippen LogP contribution < -0.4 is 5.73 Å². The molecule has 10 heavy (non-hydrogen) atoms. The maximum Gasteiger partial charge on any atom is 0.0393 e. The lowest BCUT2D eigenvalue weighted by Crippen LogP contribution is -2.10. The summed E-state index contributed by atoms with van der Waals surface area (Å²) >= 11 is 3.33. The van der Waals surface area contributed by atoms with Crippen molar-refractivity contribution in [2.45, 2.75) is 6.04 Å². The average molecular weight is 200 g/mol. The highest BCUT2D eigenvalue weighted by Gasteiger charge is 2.00. The Kier molecular flexibility index (Phi) is 2.90. The zero-order chi connectivity index (χ0) is 7.40. The van der Waals surface area contributed by atoms with Crippen LogP contribution in [0.4, 0.5) is 0 Å². The summed E-state index contributed by atoms with van der Waals surface area (Å²) in [5, 5.41) is 0.816. The van der Waals surface area contributed by atoms with Crippen LogP contribution in [0, 0.1) is 0 Å². The number of hydrogen-bond acceptors (Lipinski definition) is 1. The zero-order valence-electron chi connectivity index (χ0n) is 5.63. The number of nitrogens with two attached hydrogens (primary N) is 1. The molecule has 0 spiro atoms. The van der Waals surface area contributed by atoms with E-state index in [-0.39, 0.29) is 6.04 Å². The first kappa shape index (κ1) is 7.76. The summed E-state index contributed by atoms with van der Waals surface area (Å²) in [5.74, 6) is 0. The van der Waals surface area contributed by atoms with Crippen LogP contribution in [0.3, 0.4) is 0 Å². The minimum atomic E-state index is 0.126. The number of rotatable bonds is 2. The first-order valence-corrected chi connectivity index (χ1v) is 4.33. The molecule has 1 rings (SSSR count). The van der Waals surface area contributed by atoms with Gasteiger partial charge in [-0.05, 0) is 5.56 Å². The van der Waals surface area contributed by atoms with Gasteiger partial charge in [0.1, 0.15) is 0 Å². The third-order valence-corrected chi connectivity index (χ3v) is 2.09. The van der Waals surface area contributed by atoms with Crippen molar-refractivity contribution in [3.8, 4) is 0 Å². The third kappa shape index (κ3) is 1.82. The molecule has 0 aliphatic heterocycles. The van der Waals surface area contributed by atoms with Crippen LogP contribution in [0.25, 0.3) is 0 Å². The Morgan fingerprint density at radius 3 is 2.40 bits per heavy atom. The van der Waals surface area contributed by atoms with Crippen LogP contribution in [0.2, 0.25) is 0 Å². The molecule has 0 aliphatic carbocycles. The van der Waals surface area contributed by atoms with Crippen molar-refractivity contribution >= 4 is 15.9 Å². The Balaban J connectivity index is 2.75. The molecule has 1 aromatic carbocycles. The summed E-state index contributed by atoms with van der Waals surface area (Å²) in [6, 6.07) is 10.2. The van der Waals surface area contributed by atoms with E-state index in [1.165, 1.54) is 5.56 Å². The molecule has 2 heteroatoms. The summed E-state index contributed by atoms with van der Waals surface area (Å²) in [6.07, 6.45) is 0. The number of benzene rings is 1. The summed E-state index contributed by atoms with van der Waals surface area (Å²) in [4.78, 5) is 0. The van der Waals surface area contributed by atoms with E-state index in [9.17, 15) is 0 Å². The largest absolute Gasteiger partial charge is 0.323 e. The maximum absolute atomic E-state index is 5.75. The second-order valence-electron chi connectivity index (χ2n) is 2.17. The van der Waals surface area contributed by atoms with E-state index >= 15 is 0 Å². The van der Waals surface area contributed by atoms with Crippen LogP contribution in [0.15, 0.2) is 30.3 Å². The topological polar surface area (TPSA) is 26.0 Å². The number of hydrogen-bond donors (Lipinski definition) is 1. The van der Waals surface area contributed by atoms with Crippen molar-refractivity contribution in [3.63, 3.8) is 0 Å². The third-order valence-electron chi connectivity index (χ3n) is 1.39. The molecule has 0 unspecified atom stereocenters. The molecule has 1 nitrogen and oxygen atoms in total. The fraction of sp³-hybridized carbons (Fsp3) is 0.250. The van der Waals surface area contributed by atoms with E-state index in [0.29, 0.717) is 0 Å². The van der Waals surface area contributed by atoms with Gasteiger partial charge in [-0.2, -0.15) is 0 Å². The van der Waals surface area contributed by atoms with Gasteiger partial charge >= 0.3 is 0 Å². The van der Waals surface area contributed by atoms with Gasteiger partial charge in [-0.15, -0.1) is 0 Å². The second-order valence-corrected chi connectivity index (χ2v) is 2.82. The molecule has 0 heterocycles. The maximum atomic E-state index is 5.75. The van der Waals surface area contributed by atoms with Gasteiger partial charge in [0.05, 0.1) is 0 Å². The molecule has 0 amide bonds. The highest BCUT2D eigenvalue weighted by atomic mass is 79.9. The van der Waals surface area contributed by atoms with Crippen LogP contribution in [-0.2, 0) is 0 Å². The van der Waals surface area contributed by atoms with Gasteiger partial charge in [-0.3, -0.25) is 0 Å². The van der Waals surface area contributed by atoms with E-state index in [1.807, 2.05) is 30.3 Å². The van der Waals surface area contributed by atoms with Crippen LogP contribution >= 0.6 is 15.9 Å². The summed E-state index contributed by atoms with van der Waals surface area (Å²) in [6.45, 7) is 0. The molecule has 0 saturated carbocycles. The van der Waals surface area contributed by atoms with Gasteiger partial charge in [0.15, 0.2) is 0 Å². The van der Waals surface area contributed by atoms with Crippen LogP contribution in [0.5, 0.6) is 0 Å². The Morgan fingerprint density at radius 2 is 1.90 bits per heavy atom. The lowest BCUT2D eigenvalue weighted by Gasteiger charge is -2.06. The Bertz CT molecular complexity index is 186. The fourth-order valence-corrected chi connectivity index (χ4v) is 1.16. The van der Waals surface area contributed by atoms with Crippen molar-refractivity contribution in [2.75, 3.05) is 5.33 Å². The molecule has 0 aliphatic rings. The van der Waals surface area contributed by atoms with Crippen molar-refractivity contribution in [1.82, 2.24) is 0 Å². The number of alkyl halides is 1. The van der Waals surface area contributed by atoms with Crippen molar-refractivity contribution in [1.29, 1.82) is 0 Å². The summed E-state index contributed by atoms with van der Waals surface area (Å²) in [7, 11) is 0. The molecule has 0 saturated heterocycles. The molecule has 54 valence electrons. The number of halogens is 1. The van der Waals surface area contributed by atoms with Gasteiger partial charge in [-0.1, -0.05) is 46.3 Å². The minimum Gasteiger partial charge on any atom is -0.323 e. The standard InChI is InChI=1S/C8H10BrN/c9-6-8(10)7-4-2-1-3-5-7/h1-5,8H,6,10H2/t8-/m1/s1. The average Bonchev–Trinajstić information content (AvgIpc) is 2.05. The minimum absolute atomic E-state index is 0.126. The highest BCUT2D eigenvalue weighted by molar-refractivity contribution is 9.09. The summed E-state index contributed by atoms with van der Waals surface area (Å²) < 4.78 is 0. The molecule has 0 fully saturated rings. The fourth-order valence-electron chi connectivity index (χ4n) is 0.789. The van der Waals surface area contributed by atoms with Gasteiger partial charge < -0.3 is 5.73 Å². The zero-order valence-corrected chi connectivity index (χ0v) is 7.21. The lowest BCUT2D eigenvalue weighted by molar-refractivity contribution is 0.838. The SMILES string of the molecule is N[C@H](CBr)c1ccccc1. The van der Waals surface area contributed by atoms with E-state index in [4.69, 9.17) is 5.73 Å². The molecule has 1 aromatic rings. The van der Waals surface area contributed by atoms with Crippen LogP contribution in [-0.4, -0.2) is 5.33 Å².